The minimum Gasteiger partial charge on any atom is -0.496 e. The van der Waals surface area contributed by atoms with Gasteiger partial charge in [0.2, 0.25) is 0 Å². The molecule has 1 saturated heterocycles. The first-order chi connectivity index (χ1) is 9.84. The number of carbonyl (C=O) groups excluding carboxylic acids is 1. The van der Waals surface area contributed by atoms with Crippen LogP contribution in [0.15, 0.2) is 22.7 Å². The first kappa shape index (κ1) is 16.6. The molecule has 0 N–H and O–H groups in total. The number of carbonyl (C=O) groups is 1. The molecule has 1 aliphatic heterocycles. The zero-order valence-electron chi connectivity index (χ0n) is 11.7. The van der Waals surface area contributed by atoms with Crippen LogP contribution in [-0.4, -0.2) is 56.0 Å². The topological polar surface area (TPSA) is 63.7 Å². The van der Waals surface area contributed by atoms with Gasteiger partial charge in [-0.1, -0.05) is 0 Å². The van der Waals surface area contributed by atoms with E-state index in [9.17, 15) is 13.2 Å². The van der Waals surface area contributed by atoms with Crippen LogP contribution in [0, 0.1) is 0 Å². The fourth-order valence-electron chi connectivity index (χ4n) is 2.13. The molecule has 1 heterocycles. The van der Waals surface area contributed by atoms with E-state index in [1.807, 2.05) is 0 Å². The number of halogens is 1. The number of nitrogens with zero attached hydrogens (tertiary/aromatic N) is 1. The van der Waals surface area contributed by atoms with E-state index >= 15 is 0 Å². The van der Waals surface area contributed by atoms with Crippen LogP contribution in [0.5, 0.6) is 5.75 Å². The van der Waals surface area contributed by atoms with Gasteiger partial charge in [0.05, 0.1) is 11.6 Å². The molecular weight excluding hydrogens is 378 g/mol. The molecule has 1 fully saturated rings. The first-order valence-corrected chi connectivity index (χ1v) is 10.2. The molecule has 0 spiro atoms. The Morgan fingerprint density at radius 1 is 1.48 bits per heavy atom. The predicted molar refractivity (Wildman–Crippen MR) is 87.7 cm³/mol. The third-order valence-corrected chi connectivity index (χ3v) is 6.50. The summed E-state index contributed by atoms with van der Waals surface area (Å²) in [6, 6.07) is 4.99. The number of ether oxygens (including phenoxy) is 1. The van der Waals surface area contributed by atoms with Crippen molar-refractivity contribution in [1.82, 2.24) is 4.90 Å². The van der Waals surface area contributed by atoms with Gasteiger partial charge >= 0.3 is 0 Å². The molecule has 0 bridgehead atoms. The number of methoxy groups -OCH3 is 1. The average Bonchev–Trinajstić information content (AvgIpc) is 2.45. The SMILES string of the molecule is COc1ccc(C(=O)N2CCSCC2S(C)(=O)=O)cc1Br. The summed E-state index contributed by atoms with van der Waals surface area (Å²) in [5.74, 6) is 1.52. The molecule has 0 saturated carbocycles. The van der Waals surface area contributed by atoms with E-state index in [4.69, 9.17) is 4.74 Å². The molecule has 1 aliphatic rings. The summed E-state index contributed by atoms with van der Waals surface area (Å²) in [6.07, 6.45) is 1.17. The summed E-state index contributed by atoms with van der Waals surface area (Å²) in [6.45, 7) is 0.435. The van der Waals surface area contributed by atoms with E-state index in [-0.39, 0.29) is 5.91 Å². The van der Waals surface area contributed by atoms with Gasteiger partial charge in [-0.2, -0.15) is 11.8 Å². The molecule has 1 aromatic carbocycles. The Balaban J connectivity index is 2.31. The lowest BCUT2D eigenvalue weighted by Crippen LogP contribution is -2.49. The Bertz CT molecular complexity index is 648. The maximum absolute atomic E-state index is 12.6. The lowest BCUT2D eigenvalue weighted by Gasteiger charge is -2.34. The van der Waals surface area contributed by atoms with E-state index in [2.05, 4.69) is 15.9 Å². The van der Waals surface area contributed by atoms with Gasteiger partial charge in [-0.15, -0.1) is 0 Å². The Morgan fingerprint density at radius 2 is 2.19 bits per heavy atom. The Kier molecular flexibility index (Phi) is 5.21. The normalized spacial score (nSPS) is 19.4. The van der Waals surface area contributed by atoms with E-state index in [0.29, 0.717) is 28.1 Å². The molecular formula is C13H16BrNO4S2. The number of rotatable bonds is 3. The second kappa shape index (κ2) is 6.58. The molecule has 8 heteroatoms. The predicted octanol–water partition coefficient (Wildman–Crippen LogP) is 2.02. The van der Waals surface area contributed by atoms with Crippen molar-refractivity contribution in [3.8, 4) is 5.75 Å². The largest absolute Gasteiger partial charge is 0.496 e. The Morgan fingerprint density at radius 3 is 2.76 bits per heavy atom. The van der Waals surface area contributed by atoms with E-state index in [1.165, 1.54) is 11.2 Å². The van der Waals surface area contributed by atoms with Crippen LogP contribution < -0.4 is 4.74 Å². The molecule has 5 nitrogen and oxygen atoms in total. The van der Waals surface area contributed by atoms with Crippen LogP contribution in [0.2, 0.25) is 0 Å². The van der Waals surface area contributed by atoms with Gasteiger partial charge in [-0.05, 0) is 34.1 Å². The van der Waals surface area contributed by atoms with E-state index in [1.54, 1.807) is 37.1 Å². The second-order valence-electron chi connectivity index (χ2n) is 4.71. The van der Waals surface area contributed by atoms with Gasteiger partial charge in [-0.3, -0.25) is 4.79 Å². The summed E-state index contributed by atoms with van der Waals surface area (Å²) in [7, 11) is -1.76. The molecule has 0 aromatic heterocycles. The van der Waals surface area contributed by atoms with E-state index in [0.717, 1.165) is 5.75 Å². The van der Waals surface area contributed by atoms with Crippen molar-refractivity contribution in [3.63, 3.8) is 0 Å². The van der Waals surface area contributed by atoms with Crippen LogP contribution in [0.25, 0.3) is 0 Å². The number of thioether (sulfide) groups is 1. The zero-order valence-corrected chi connectivity index (χ0v) is 14.9. The third-order valence-electron chi connectivity index (χ3n) is 3.24. The lowest BCUT2D eigenvalue weighted by atomic mass is 10.2. The van der Waals surface area contributed by atoms with Crippen molar-refractivity contribution >= 4 is 43.4 Å². The molecule has 116 valence electrons. The standard InChI is InChI=1S/C13H16BrNO4S2/c1-19-11-4-3-9(7-10(11)14)13(16)15-5-6-20-8-12(15)21(2,17)18/h3-4,7,12H,5-6,8H2,1-2H3. The molecule has 1 aromatic rings. The van der Waals surface area contributed by atoms with Crippen LogP contribution in [0.4, 0.5) is 0 Å². The lowest BCUT2D eigenvalue weighted by molar-refractivity contribution is 0.0749. The fraction of sp³-hybridized carbons (Fsp3) is 0.462. The highest BCUT2D eigenvalue weighted by molar-refractivity contribution is 9.10. The zero-order chi connectivity index (χ0) is 15.6. The second-order valence-corrected chi connectivity index (χ2v) is 8.91. The van der Waals surface area contributed by atoms with Crippen molar-refractivity contribution in [2.75, 3.05) is 31.4 Å². The quantitative estimate of drug-likeness (QED) is 0.785. The van der Waals surface area contributed by atoms with Gasteiger partial charge < -0.3 is 9.64 Å². The number of benzene rings is 1. The Hall–Kier alpha value is -0.730. The average molecular weight is 394 g/mol. The summed E-state index contributed by atoms with van der Waals surface area (Å²) in [4.78, 5) is 14.0. The number of amides is 1. The summed E-state index contributed by atoms with van der Waals surface area (Å²) in [5.41, 5.74) is 0.447. The van der Waals surface area contributed by atoms with Gasteiger partial charge in [0.1, 0.15) is 11.1 Å². The van der Waals surface area contributed by atoms with Crippen LogP contribution in [0.1, 0.15) is 10.4 Å². The number of hydrogen-bond donors (Lipinski definition) is 0. The molecule has 1 amide bonds. The van der Waals surface area contributed by atoms with E-state index < -0.39 is 15.2 Å². The van der Waals surface area contributed by atoms with Gasteiger partial charge in [0.15, 0.2) is 9.84 Å². The van der Waals surface area contributed by atoms with Gasteiger partial charge in [-0.25, -0.2) is 8.42 Å². The fourth-order valence-corrected chi connectivity index (χ4v) is 5.49. The van der Waals surface area contributed by atoms with Crippen molar-refractivity contribution < 1.29 is 17.9 Å². The molecule has 0 radical (unpaired) electrons. The third kappa shape index (κ3) is 3.73. The Labute approximate surface area is 137 Å². The summed E-state index contributed by atoms with van der Waals surface area (Å²) in [5, 5.41) is -0.760. The maximum atomic E-state index is 12.6. The van der Waals surface area contributed by atoms with Gasteiger partial charge in [0.25, 0.3) is 5.91 Å². The first-order valence-electron chi connectivity index (χ1n) is 6.25. The van der Waals surface area contributed by atoms with Crippen molar-refractivity contribution in [1.29, 1.82) is 0 Å². The van der Waals surface area contributed by atoms with Crippen LogP contribution >= 0.6 is 27.7 Å². The number of hydrogen-bond acceptors (Lipinski definition) is 5. The molecule has 21 heavy (non-hydrogen) atoms. The van der Waals surface area contributed by atoms with Gasteiger partial charge in [0, 0.05) is 29.9 Å². The van der Waals surface area contributed by atoms with Crippen LogP contribution in [-0.2, 0) is 9.84 Å². The summed E-state index contributed by atoms with van der Waals surface area (Å²) >= 11 is 4.89. The molecule has 1 atom stereocenters. The smallest absolute Gasteiger partial charge is 0.255 e. The molecule has 2 rings (SSSR count). The highest BCUT2D eigenvalue weighted by Gasteiger charge is 2.34. The molecule has 0 aliphatic carbocycles. The van der Waals surface area contributed by atoms with Crippen molar-refractivity contribution in [2.24, 2.45) is 0 Å². The van der Waals surface area contributed by atoms with Crippen LogP contribution in [0.3, 0.4) is 0 Å². The van der Waals surface area contributed by atoms with Crippen molar-refractivity contribution in [3.05, 3.63) is 28.2 Å². The minimum atomic E-state index is -3.30. The molecule has 1 unspecified atom stereocenters. The monoisotopic (exact) mass is 393 g/mol. The summed E-state index contributed by atoms with van der Waals surface area (Å²) < 4.78 is 29.5. The van der Waals surface area contributed by atoms with Crippen molar-refractivity contribution in [2.45, 2.75) is 5.37 Å². The highest BCUT2D eigenvalue weighted by atomic mass is 79.9. The number of sulfone groups is 1. The maximum Gasteiger partial charge on any atom is 0.255 e. The minimum absolute atomic E-state index is 0.269. The highest BCUT2D eigenvalue weighted by Crippen LogP contribution is 2.28.